The van der Waals surface area contributed by atoms with Crippen LogP contribution in [0.15, 0.2) is 30.3 Å². The molecule has 0 unspecified atom stereocenters. The second kappa shape index (κ2) is 8.14. The van der Waals surface area contributed by atoms with Crippen molar-refractivity contribution in [3.8, 4) is 0 Å². The Bertz CT molecular complexity index is 632. The summed E-state index contributed by atoms with van der Waals surface area (Å²) in [6, 6.07) is 9.36. The Balaban J connectivity index is 1.77. The van der Waals surface area contributed by atoms with E-state index in [1.54, 1.807) is 9.80 Å². The quantitative estimate of drug-likeness (QED) is 0.904. The van der Waals surface area contributed by atoms with Crippen molar-refractivity contribution in [2.75, 3.05) is 26.2 Å². The second-order valence-corrected chi connectivity index (χ2v) is 6.69. The highest BCUT2D eigenvalue weighted by molar-refractivity contribution is 5.86. The van der Waals surface area contributed by atoms with Crippen molar-refractivity contribution in [3.63, 3.8) is 0 Å². The molecule has 0 spiro atoms. The minimum atomic E-state index is -0.279. The fourth-order valence-electron chi connectivity index (χ4n) is 3.56. The van der Waals surface area contributed by atoms with Crippen LogP contribution in [0.5, 0.6) is 0 Å². The van der Waals surface area contributed by atoms with Crippen LogP contribution in [0.2, 0.25) is 0 Å². The molecule has 2 saturated heterocycles. The molecule has 1 N–H and O–H groups in total. The third kappa shape index (κ3) is 4.38. The molecule has 0 saturated carbocycles. The molecule has 3 amide bonds. The molecule has 3 rings (SSSR count). The number of carbonyl (C=O) groups excluding carboxylic acids is 3. The van der Waals surface area contributed by atoms with Crippen LogP contribution in [0, 0.1) is 0 Å². The van der Waals surface area contributed by atoms with E-state index in [0.717, 1.165) is 24.8 Å². The Hall–Kier alpha value is -2.37. The molecule has 6 heteroatoms. The SMILES string of the molecule is O=C1C[C@H](c2ccccc2)N(C(=O)CN2CCCCCC2=O)CCN1. The van der Waals surface area contributed by atoms with Crippen molar-refractivity contribution in [2.24, 2.45) is 0 Å². The number of nitrogens with zero attached hydrogens (tertiary/aromatic N) is 2. The average Bonchev–Trinajstić information content (AvgIpc) is 2.94. The van der Waals surface area contributed by atoms with Gasteiger partial charge in [0.1, 0.15) is 0 Å². The Kier molecular flexibility index (Phi) is 5.68. The van der Waals surface area contributed by atoms with Gasteiger partial charge in [-0.1, -0.05) is 36.8 Å². The number of likely N-dealkylation sites (tertiary alicyclic amines) is 1. The lowest BCUT2D eigenvalue weighted by molar-refractivity contribution is -0.141. The number of amides is 3. The van der Waals surface area contributed by atoms with Crippen molar-refractivity contribution >= 4 is 17.7 Å². The zero-order chi connectivity index (χ0) is 17.6. The zero-order valence-electron chi connectivity index (χ0n) is 14.4. The number of benzene rings is 1. The molecule has 2 heterocycles. The summed E-state index contributed by atoms with van der Waals surface area (Å²) < 4.78 is 0. The van der Waals surface area contributed by atoms with E-state index in [2.05, 4.69) is 5.32 Å². The van der Waals surface area contributed by atoms with Gasteiger partial charge in [-0.25, -0.2) is 0 Å². The standard InChI is InChI=1S/C19H25N3O3/c23-17-13-16(15-7-3-1-4-8-15)22(12-10-20-17)19(25)14-21-11-6-2-5-9-18(21)24/h1,3-4,7-8,16H,2,5-6,9-14H2,(H,20,23)/t16-/m1/s1. The largest absolute Gasteiger partial charge is 0.354 e. The summed E-state index contributed by atoms with van der Waals surface area (Å²) in [6.45, 7) is 1.66. The molecular weight excluding hydrogens is 318 g/mol. The molecule has 2 aliphatic rings. The molecule has 1 aromatic rings. The fourth-order valence-corrected chi connectivity index (χ4v) is 3.56. The van der Waals surface area contributed by atoms with Crippen LogP contribution < -0.4 is 5.32 Å². The number of nitrogens with one attached hydrogen (secondary N) is 1. The van der Waals surface area contributed by atoms with Crippen molar-refractivity contribution < 1.29 is 14.4 Å². The lowest BCUT2D eigenvalue weighted by atomic mass is 10.0. The van der Waals surface area contributed by atoms with Gasteiger partial charge in [0, 0.05) is 26.1 Å². The number of carbonyl (C=O) groups is 3. The van der Waals surface area contributed by atoms with Gasteiger partial charge in [-0.3, -0.25) is 14.4 Å². The topological polar surface area (TPSA) is 69.7 Å². The van der Waals surface area contributed by atoms with Gasteiger partial charge >= 0.3 is 0 Å². The molecule has 6 nitrogen and oxygen atoms in total. The average molecular weight is 343 g/mol. The zero-order valence-corrected chi connectivity index (χ0v) is 14.4. The monoisotopic (exact) mass is 343 g/mol. The fraction of sp³-hybridized carbons (Fsp3) is 0.526. The van der Waals surface area contributed by atoms with Crippen molar-refractivity contribution in [2.45, 2.75) is 38.1 Å². The normalized spacial score (nSPS) is 22.2. The summed E-state index contributed by atoms with van der Waals surface area (Å²) in [5.74, 6) is -0.0678. The van der Waals surface area contributed by atoms with E-state index in [1.807, 2.05) is 30.3 Å². The smallest absolute Gasteiger partial charge is 0.242 e. The van der Waals surface area contributed by atoms with E-state index in [9.17, 15) is 14.4 Å². The minimum absolute atomic E-state index is 0.0463. The van der Waals surface area contributed by atoms with Gasteiger partial charge in [-0.2, -0.15) is 0 Å². The maximum atomic E-state index is 13.0. The van der Waals surface area contributed by atoms with Crippen LogP contribution in [0.3, 0.4) is 0 Å². The molecule has 2 aliphatic heterocycles. The van der Waals surface area contributed by atoms with Crippen LogP contribution >= 0.6 is 0 Å². The molecular formula is C19H25N3O3. The van der Waals surface area contributed by atoms with Gasteiger partial charge in [-0.05, 0) is 18.4 Å². The van der Waals surface area contributed by atoms with Crippen molar-refractivity contribution in [3.05, 3.63) is 35.9 Å². The summed E-state index contributed by atoms with van der Waals surface area (Å²) >= 11 is 0. The van der Waals surface area contributed by atoms with Crippen molar-refractivity contribution in [1.29, 1.82) is 0 Å². The summed E-state index contributed by atoms with van der Waals surface area (Å²) in [6.07, 6.45) is 3.66. The first-order valence-corrected chi connectivity index (χ1v) is 9.04. The predicted octanol–water partition coefficient (Wildman–Crippen LogP) is 1.48. The van der Waals surface area contributed by atoms with Gasteiger partial charge in [0.2, 0.25) is 17.7 Å². The predicted molar refractivity (Wildman–Crippen MR) is 93.6 cm³/mol. The molecule has 134 valence electrons. The van der Waals surface area contributed by atoms with Gasteiger partial charge < -0.3 is 15.1 Å². The summed E-state index contributed by atoms with van der Waals surface area (Å²) in [5.41, 5.74) is 0.954. The lowest BCUT2D eigenvalue weighted by Gasteiger charge is -2.32. The Labute approximate surface area is 148 Å². The molecule has 0 bridgehead atoms. The first kappa shape index (κ1) is 17.5. The van der Waals surface area contributed by atoms with Crippen LogP contribution in [0.25, 0.3) is 0 Å². The lowest BCUT2D eigenvalue weighted by Crippen LogP contribution is -2.45. The van der Waals surface area contributed by atoms with E-state index >= 15 is 0 Å². The van der Waals surface area contributed by atoms with E-state index in [4.69, 9.17) is 0 Å². The molecule has 2 fully saturated rings. The number of hydrogen-bond acceptors (Lipinski definition) is 3. The van der Waals surface area contributed by atoms with Gasteiger partial charge in [0.05, 0.1) is 19.0 Å². The van der Waals surface area contributed by atoms with Crippen molar-refractivity contribution in [1.82, 2.24) is 15.1 Å². The summed E-state index contributed by atoms with van der Waals surface area (Å²) in [5, 5.41) is 2.84. The van der Waals surface area contributed by atoms with Crippen LogP contribution in [-0.2, 0) is 14.4 Å². The maximum absolute atomic E-state index is 13.0. The Morgan fingerprint density at radius 1 is 1.08 bits per heavy atom. The highest BCUT2D eigenvalue weighted by Crippen LogP contribution is 2.26. The highest BCUT2D eigenvalue weighted by atomic mass is 16.2. The third-order valence-electron chi connectivity index (χ3n) is 4.93. The van der Waals surface area contributed by atoms with E-state index in [-0.39, 0.29) is 36.7 Å². The first-order chi connectivity index (χ1) is 12.1. The third-order valence-corrected chi connectivity index (χ3v) is 4.93. The first-order valence-electron chi connectivity index (χ1n) is 9.04. The Morgan fingerprint density at radius 3 is 2.68 bits per heavy atom. The second-order valence-electron chi connectivity index (χ2n) is 6.69. The van der Waals surface area contributed by atoms with Crippen LogP contribution in [0.1, 0.15) is 43.7 Å². The maximum Gasteiger partial charge on any atom is 0.242 e. The number of rotatable bonds is 3. The molecule has 1 atom stereocenters. The molecule has 0 aliphatic carbocycles. The Morgan fingerprint density at radius 2 is 1.88 bits per heavy atom. The number of hydrogen-bond donors (Lipinski definition) is 1. The van der Waals surface area contributed by atoms with E-state index < -0.39 is 0 Å². The molecule has 0 radical (unpaired) electrons. The van der Waals surface area contributed by atoms with Gasteiger partial charge in [-0.15, -0.1) is 0 Å². The van der Waals surface area contributed by atoms with E-state index in [0.29, 0.717) is 26.1 Å². The van der Waals surface area contributed by atoms with Crippen LogP contribution in [0.4, 0.5) is 0 Å². The summed E-state index contributed by atoms with van der Waals surface area (Å²) in [7, 11) is 0. The van der Waals surface area contributed by atoms with Gasteiger partial charge in [0.25, 0.3) is 0 Å². The summed E-state index contributed by atoms with van der Waals surface area (Å²) in [4.78, 5) is 40.6. The van der Waals surface area contributed by atoms with Crippen LogP contribution in [-0.4, -0.2) is 53.7 Å². The molecule has 1 aromatic carbocycles. The highest BCUT2D eigenvalue weighted by Gasteiger charge is 2.31. The van der Waals surface area contributed by atoms with E-state index in [1.165, 1.54) is 0 Å². The minimum Gasteiger partial charge on any atom is -0.354 e. The molecule has 25 heavy (non-hydrogen) atoms. The van der Waals surface area contributed by atoms with Gasteiger partial charge in [0.15, 0.2) is 0 Å². The molecule has 0 aromatic heterocycles.